The van der Waals surface area contributed by atoms with E-state index in [9.17, 15) is 4.79 Å². The molecule has 1 rings (SSSR count). The van der Waals surface area contributed by atoms with Gasteiger partial charge in [-0.25, -0.2) is 4.89 Å². The first-order valence-electron chi connectivity index (χ1n) is 10.1. The molecule has 0 fully saturated rings. The Balaban J connectivity index is 2.11. The SMILES string of the molecule is C/C=C/C=C/CCCCCCCCC[C@]1(OC)C=C[C@H](CC(=O)OC)OO1. The van der Waals surface area contributed by atoms with Gasteiger partial charge >= 0.3 is 5.97 Å². The van der Waals surface area contributed by atoms with E-state index < -0.39 is 11.9 Å². The van der Waals surface area contributed by atoms with Crippen LogP contribution in [0, 0.1) is 0 Å². The molecule has 0 N–H and O–H groups in total. The van der Waals surface area contributed by atoms with Crippen LogP contribution in [0.5, 0.6) is 0 Å². The summed E-state index contributed by atoms with van der Waals surface area (Å²) in [5, 5.41) is 0. The summed E-state index contributed by atoms with van der Waals surface area (Å²) in [6.45, 7) is 2.03. The van der Waals surface area contributed by atoms with Crippen molar-refractivity contribution in [1.82, 2.24) is 0 Å². The predicted molar refractivity (Wildman–Crippen MR) is 107 cm³/mol. The number of methoxy groups -OCH3 is 2. The van der Waals surface area contributed by atoms with Crippen molar-refractivity contribution in [3.05, 3.63) is 36.5 Å². The molecule has 5 nitrogen and oxygen atoms in total. The summed E-state index contributed by atoms with van der Waals surface area (Å²) in [5.74, 6) is -1.17. The van der Waals surface area contributed by atoms with Crippen LogP contribution < -0.4 is 0 Å². The van der Waals surface area contributed by atoms with Gasteiger partial charge in [-0.15, -0.1) is 0 Å². The number of hydrogen-bond donors (Lipinski definition) is 0. The van der Waals surface area contributed by atoms with E-state index in [0.29, 0.717) is 0 Å². The van der Waals surface area contributed by atoms with Crippen molar-refractivity contribution < 1.29 is 24.0 Å². The molecule has 0 aromatic heterocycles. The molecule has 0 spiro atoms. The number of esters is 1. The number of unbranched alkanes of at least 4 members (excludes halogenated alkanes) is 7. The second-order valence-electron chi connectivity index (χ2n) is 6.84. The molecule has 0 aliphatic carbocycles. The van der Waals surface area contributed by atoms with Gasteiger partial charge in [-0.3, -0.25) is 4.79 Å². The van der Waals surface area contributed by atoms with Crippen LogP contribution in [0.2, 0.25) is 0 Å². The van der Waals surface area contributed by atoms with Gasteiger partial charge in [0.1, 0.15) is 6.10 Å². The fourth-order valence-electron chi connectivity index (χ4n) is 2.94. The average Bonchev–Trinajstić information content (AvgIpc) is 2.70. The van der Waals surface area contributed by atoms with Crippen LogP contribution in [-0.4, -0.2) is 32.1 Å². The summed E-state index contributed by atoms with van der Waals surface area (Å²) in [7, 11) is 2.97. The zero-order chi connectivity index (χ0) is 19.8. The lowest BCUT2D eigenvalue weighted by molar-refractivity contribution is -0.428. The number of hydrogen-bond acceptors (Lipinski definition) is 5. The van der Waals surface area contributed by atoms with Crippen LogP contribution >= 0.6 is 0 Å². The molecule has 1 aliphatic heterocycles. The van der Waals surface area contributed by atoms with E-state index in [4.69, 9.17) is 14.5 Å². The lowest BCUT2D eigenvalue weighted by atomic mass is 10.0. The molecule has 0 unspecified atom stereocenters. The van der Waals surface area contributed by atoms with Crippen molar-refractivity contribution >= 4 is 5.97 Å². The maximum absolute atomic E-state index is 11.3. The molecule has 5 heteroatoms. The largest absolute Gasteiger partial charge is 0.469 e. The van der Waals surface area contributed by atoms with Crippen molar-refractivity contribution in [2.24, 2.45) is 0 Å². The van der Waals surface area contributed by atoms with Gasteiger partial charge in [0.2, 0.25) is 5.79 Å². The lowest BCUT2D eigenvalue weighted by Crippen LogP contribution is -2.38. The van der Waals surface area contributed by atoms with E-state index in [1.165, 1.54) is 45.6 Å². The zero-order valence-corrected chi connectivity index (χ0v) is 17.2. The van der Waals surface area contributed by atoms with Crippen LogP contribution in [0.3, 0.4) is 0 Å². The standard InChI is InChI=1S/C22H36O5/c1-4-5-6-7-8-9-10-11-12-13-14-15-17-22(25-3)18-16-20(26-27-22)19-21(23)24-2/h4-7,16,18,20H,8-15,17,19H2,1-3H3/b5-4+,7-6+/t20-,22-/m1/s1. The van der Waals surface area contributed by atoms with Gasteiger partial charge in [0, 0.05) is 13.5 Å². The highest BCUT2D eigenvalue weighted by atomic mass is 17.2. The third-order valence-corrected chi connectivity index (χ3v) is 4.65. The van der Waals surface area contributed by atoms with E-state index >= 15 is 0 Å². The van der Waals surface area contributed by atoms with Crippen molar-refractivity contribution in [3.8, 4) is 0 Å². The number of allylic oxidation sites excluding steroid dienone is 4. The van der Waals surface area contributed by atoms with Crippen molar-refractivity contribution in [3.63, 3.8) is 0 Å². The minimum absolute atomic E-state index is 0.137. The first kappa shape index (κ1) is 23.6. The number of rotatable bonds is 14. The van der Waals surface area contributed by atoms with Gasteiger partial charge in [0.15, 0.2) is 0 Å². The Kier molecular flexibility index (Phi) is 12.8. The Hall–Kier alpha value is -1.43. The van der Waals surface area contributed by atoms with Gasteiger partial charge in [0.25, 0.3) is 0 Å². The molecular formula is C22H36O5. The van der Waals surface area contributed by atoms with Gasteiger partial charge in [-0.2, -0.15) is 4.89 Å². The molecule has 1 aliphatic rings. The van der Waals surface area contributed by atoms with E-state index in [0.717, 1.165) is 19.3 Å². The highest BCUT2D eigenvalue weighted by Crippen LogP contribution is 2.28. The number of carbonyl (C=O) groups is 1. The molecule has 0 radical (unpaired) electrons. The van der Waals surface area contributed by atoms with Crippen LogP contribution in [-0.2, 0) is 24.0 Å². The maximum atomic E-state index is 11.3. The van der Waals surface area contributed by atoms with Crippen molar-refractivity contribution in [2.75, 3.05) is 14.2 Å². The summed E-state index contributed by atoms with van der Waals surface area (Å²) in [6, 6.07) is 0. The smallest absolute Gasteiger partial charge is 0.308 e. The molecule has 1 heterocycles. The Morgan fingerprint density at radius 1 is 1.07 bits per heavy atom. The molecule has 0 amide bonds. The summed E-state index contributed by atoms with van der Waals surface area (Å²) in [5.41, 5.74) is 0. The molecule has 0 aromatic carbocycles. The third-order valence-electron chi connectivity index (χ3n) is 4.65. The summed E-state index contributed by atoms with van der Waals surface area (Å²) in [4.78, 5) is 22.0. The lowest BCUT2D eigenvalue weighted by Gasteiger charge is -2.32. The van der Waals surface area contributed by atoms with Gasteiger partial charge in [-0.05, 0) is 32.3 Å². The Morgan fingerprint density at radius 3 is 2.37 bits per heavy atom. The van der Waals surface area contributed by atoms with E-state index in [1.807, 2.05) is 25.2 Å². The first-order valence-corrected chi connectivity index (χ1v) is 10.1. The van der Waals surface area contributed by atoms with Crippen LogP contribution in [0.1, 0.15) is 71.1 Å². The number of ether oxygens (including phenoxy) is 2. The zero-order valence-electron chi connectivity index (χ0n) is 17.2. The Bertz CT molecular complexity index is 483. The first-order chi connectivity index (χ1) is 13.2. The normalized spacial score (nSPS) is 22.7. The fourth-order valence-corrected chi connectivity index (χ4v) is 2.94. The summed E-state index contributed by atoms with van der Waals surface area (Å²) in [6.07, 6.45) is 22.3. The molecule has 0 bridgehead atoms. The van der Waals surface area contributed by atoms with Crippen molar-refractivity contribution in [2.45, 2.75) is 83.0 Å². The molecule has 0 aromatic rings. The van der Waals surface area contributed by atoms with Crippen LogP contribution in [0.4, 0.5) is 0 Å². The number of carbonyl (C=O) groups excluding carboxylic acids is 1. The minimum Gasteiger partial charge on any atom is -0.469 e. The Morgan fingerprint density at radius 2 is 1.78 bits per heavy atom. The van der Waals surface area contributed by atoms with Gasteiger partial charge in [-0.1, -0.05) is 62.5 Å². The second kappa shape index (κ2) is 14.6. The quantitative estimate of drug-likeness (QED) is 0.132. The minimum atomic E-state index is -0.841. The monoisotopic (exact) mass is 380 g/mol. The predicted octanol–water partition coefficient (Wildman–Crippen LogP) is 5.42. The fraction of sp³-hybridized carbons (Fsp3) is 0.682. The van der Waals surface area contributed by atoms with Gasteiger partial charge in [0.05, 0.1) is 13.5 Å². The summed E-state index contributed by atoms with van der Waals surface area (Å²) < 4.78 is 10.1. The van der Waals surface area contributed by atoms with Gasteiger partial charge < -0.3 is 9.47 Å². The molecule has 2 atom stereocenters. The molecule has 27 heavy (non-hydrogen) atoms. The average molecular weight is 381 g/mol. The molecule has 0 saturated heterocycles. The van der Waals surface area contributed by atoms with E-state index in [1.54, 1.807) is 7.11 Å². The highest BCUT2D eigenvalue weighted by molar-refractivity contribution is 5.70. The second-order valence-corrected chi connectivity index (χ2v) is 6.84. The summed E-state index contributed by atoms with van der Waals surface area (Å²) >= 11 is 0. The van der Waals surface area contributed by atoms with E-state index in [-0.39, 0.29) is 12.4 Å². The maximum Gasteiger partial charge on any atom is 0.308 e. The Labute approximate surface area is 164 Å². The van der Waals surface area contributed by atoms with E-state index in [2.05, 4.69) is 23.0 Å². The third kappa shape index (κ3) is 10.5. The highest BCUT2D eigenvalue weighted by Gasteiger charge is 2.34. The van der Waals surface area contributed by atoms with Crippen LogP contribution in [0.25, 0.3) is 0 Å². The van der Waals surface area contributed by atoms with Crippen molar-refractivity contribution in [1.29, 1.82) is 0 Å². The molecular weight excluding hydrogens is 344 g/mol. The topological polar surface area (TPSA) is 54.0 Å². The molecule has 154 valence electrons. The van der Waals surface area contributed by atoms with Crippen LogP contribution in [0.15, 0.2) is 36.5 Å². The molecule has 0 saturated carbocycles.